The molecule has 0 fully saturated rings. The maximum absolute atomic E-state index is 14.2. The van der Waals surface area contributed by atoms with Crippen molar-refractivity contribution >= 4 is 5.97 Å². The zero-order valence-electron chi connectivity index (χ0n) is 13.4. The zero-order chi connectivity index (χ0) is 18.7. The Morgan fingerprint density at radius 2 is 1.96 bits per heavy atom. The van der Waals surface area contributed by atoms with Crippen molar-refractivity contribution in [3.63, 3.8) is 0 Å². The summed E-state index contributed by atoms with van der Waals surface area (Å²) in [5, 5.41) is 17.9. The summed E-state index contributed by atoms with van der Waals surface area (Å²) in [6.07, 6.45) is 0. The predicted octanol–water partition coefficient (Wildman–Crippen LogP) is 3.28. The van der Waals surface area contributed by atoms with Crippen LogP contribution in [-0.2, 0) is 0 Å². The number of hydrogen-bond donors (Lipinski definition) is 2. The molecule has 26 heavy (non-hydrogen) atoms. The minimum Gasteiger partial charge on any atom is -0.476 e. The van der Waals surface area contributed by atoms with Crippen LogP contribution in [0.3, 0.4) is 0 Å². The van der Waals surface area contributed by atoms with Gasteiger partial charge in [0, 0.05) is 11.6 Å². The van der Waals surface area contributed by atoms with E-state index >= 15 is 0 Å². The molecule has 6 nitrogen and oxygen atoms in total. The smallest absolute Gasteiger partial charge is 0.359 e. The molecule has 1 heterocycles. The van der Waals surface area contributed by atoms with E-state index < -0.39 is 11.8 Å². The van der Waals surface area contributed by atoms with Crippen molar-refractivity contribution in [1.29, 1.82) is 0 Å². The average molecular weight is 355 g/mol. The first-order chi connectivity index (χ1) is 12.4. The van der Waals surface area contributed by atoms with E-state index in [1.165, 1.54) is 18.2 Å². The van der Waals surface area contributed by atoms with E-state index in [4.69, 9.17) is 9.84 Å². The topological polar surface area (TPSA) is 88.1 Å². The van der Waals surface area contributed by atoms with Gasteiger partial charge in [0.1, 0.15) is 17.4 Å². The van der Waals surface area contributed by atoms with Crippen LogP contribution >= 0.6 is 0 Å². The number of ether oxygens (including phenoxy) is 1. The van der Waals surface area contributed by atoms with Crippen LogP contribution in [-0.4, -0.2) is 26.5 Å². The first-order valence-electron chi connectivity index (χ1n) is 7.34. The lowest BCUT2D eigenvalue weighted by Crippen LogP contribution is -2.00. The number of rotatable bonds is 3. The second-order valence-electron chi connectivity index (χ2n) is 5.25. The van der Waals surface area contributed by atoms with Gasteiger partial charge in [-0.2, -0.15) is 0 Å². The van der Waals surface area contributed by atoms with E-state index in [2.05, 4.69) is 27.3 Å². The second kappa shape index (κ2) is 7.03. The highest BCUT2D eigenvalue weighted by atomic mass is 19.1. The van der Waals surface area contributed by atoms with Crippen LogP contribution in [0.4, 0.5) is 8.78 Å². The van der Waals surface area contributed by atoms with Crippen LogP contribution in [0.25, 0.3) is 0 Å². The molecule has 0 bridgehead atoms. The molecule has 1 aromatic heterocycles. The fourth-order valence-corrected chi connectivity index (χ4v) is 2.01. The number of H-pyrrole nitrogens is 1. The fraction of sp³-hybridized carbons (Fsp3) is 0.0556. The molecule has 0 saturated heterocycles. The van der Waals surface area contributed by atoms with E-state index in [0.29, 0.717) is 11.1 Å². The van der Waals surface area contributed by atoms with Gasteiger partial charge in [0.2, 0.25) is 5.69 Å². The molecule has 0 radical (unpaired) electrons. The summed E-state index contributed by atoms with van der Waals surface area (Å²) in [4.78, 5) is 10.9. The van der Waals surface area contributed by atoms with Gasteiger partial charge < -0.3 is 9.84 Å². The minimum absolute atomic E-state index is 0.0332. The van der Waals surface area contributed by atoms with Crippen LogP contribution < -0.4 is 4.74 Å². The lowest BCUT2D eigenvalue weighted by molar-refractivity contribution is 0.0687. The molecule has 0 unspecified atom stereocenters. The van der Waals surface area contributed by atoms with Gasteiger partial charge in [0.25, 0.3) is 5.88 Å². The molecule has 0 amide bonds. The van der Waals surface area contributed by atoms with Crippen LogP contribution in [0.1, 0.15) is 27.2 Å². The molecule has 8 heteroatoms. The average Bonchev–Trinajstić information content (AvgIpc) is 3.05. The Balaban J connectivity index is 1.82. The van der Waals surface area contributed by atoms with Crippen molar-refractivity contribution < 1.29 is 23.4 Å². The molecule has 0 spiro atoms. The standard InChI is InChI=1S/C18H11F2N3O3/c1-10-2-3-11(8-14(10)19)4-5-12-6-7-13(9-15(12)20)26-17-16(18(24)25)21-23-22-17/h2-3,6-9H,1H3,(H,24,25)(H,21,22,23). The van der Waals surface area contributed by atoms with Crippen LogP contribution in [0, 0.1) is 30.4 Å². The molecule has 0 saturated carbocycles. The Labute approximate surface area is 146 Å². The SMILES string of the molecule is Cc1ccc(C#Cc2ccc(Oc3nn[nH]c3C(=O)O)cc2F)cc1F. The van der Waals surface area contributed by atoms with Gasteiger partial charge >= 0.3 is 5.97 Å². The number of hydrogen-bond acceptors (Lipinski definition) is 4. The van der Waals surface area contributed by atoms with Crippen molar-refractivity contribution in [1.82, 2.24) is 15.4 Å². The highest BCUT2D eigenvalue weighted by Gasteiger charge is 2.17. The molecule has 0 aliphatic carbocycles. The van der Waals surface area contributed by atoms with Gasteiger partial charge in [0.15, 0.2) is 0 Å². The Morgan fingerprint density at radius 1 is 1.15 bits per heavy atom. The van der Waals surface area contributed by atoms with E-state index in [-0.39, 0.29) is 28.7 Å². The number of nitrogens with one attached hydrogen (secondary N) is 1. The zero-order valence-corrected chi connectivity index (χ0v) is 13.4. The van der Waals surface area contributed by atoms with Crippen molar-refractivity contribution in [2.24, 2.45) is 0 Å². The van der Waals surface area contributed by atoms with Gasteiger partial charge in [-0.05, 0) is 36.8 Å². The monoisotopic (exact) mass is 355 g/mol. The normalized spacial score (nSPS) is 10.1. The van der Waals surface area contributed by atoms with Crippen LogP contribution in [0.2, 0.25) is 0 Å². The minimum atomic E-state index is -1.31. The quantitative estimate of drug-likeness (QED) is 0.704. The summed E-state index contributed by atoms with van der Waals surface area (Å²) in [6, 6.07) is 8.31. The van der Waals surface area contributed by atoms with E-state index in [1.807, 2.05) is 0 Å². The first-order valence-corrected chi connectivity index (χ1v) is 7.34. The number of carboxylic acids is 1. The fourth-order valence-electron chi connectivity index (χ4n) is 2.01. The number of aromatic carboxylic acids is 1. The first kappa shape index (κ1) is 17.1. The van der Waals surface area contributed by atoms with Crippen molar-refractivity contribution in [3.8, 4) is 23.5 Å². The third-order valence-corrected chi connectivity index (χ3v) is 3.40. The van der Waals surface area contributed by atoms with Gasteiger partial charge in [-0.1, -0.05) is 28.2 Å². The van der Waals surface area contributed by atoms with Gasteiger partial charge in [-0.3, -0.25) is 0 Å². The van der Waals surface area contributed by atoms with E-state index in [9.17, 15) is 13.6 Å². The summed E-state index contributed by atoms with van der Waals surface area (Å²) < 4.78 is 32.9. The highest BCUT2D eigenvalue weighted by Crippen LogP contribution is 2.23. The van der Waals surface area contributed by atoms with Gasteiger partial charge in [-0.25, -0.2) is 18.7 Å². The lowest BCUT2D eigenvalue weighted by atomic mass is 10.1. The van der Waals surface area contributed by atoms with E-state index in [0.717, 1.165) is 6.07 Å². The number of benzene rings is 2. The van der Waals surface area contributed by atoms with Crippen molar-refractivity contribution in [2.75, 3.05) is 0 Å². The third-order valence-electron chi connectivity index (χ3n) is 3.40. The summed E-state index contributed by atoms with van der Waals surface area (Å²) in [5.41, 5.74) is 0.644. The van der Waals surface area contributed by atoms with Crippen LogP contribution in [0.15, 0.2) is 36.4 Å². The predicted molar refractivity (Wildman–Crippen MR) is 86.9 cm³/mol. The number of carbonyl (C=O) groups is 1. The van der Waals surface area contributed by atoms with Gasteiger partial charge in [0.05, 0.1) is 5.56 Å². The number of aromatic amines is 1. The van der Waals surface area contributed by atoms with Gasteiger partial charge in [-0.15, -0.1) is 0 Å². The third kappa shape index (κ3) is 3.67. The van der Waals surface area contributed by atoms with Crippen molar-refractivity contribution in [2.45, 2.75) is 6.92 Å². The van der Waals surface area contributed by atoms with Crippen LogP contribution in [0.5, 0.6) is 11.6 Å². The molecule has 0 atom stereocenters. The maximum Gasteiger partial charge on any atom is 0.359 e. The largest absolute Gasteiger partial charge is 0.476 e. The molecular formula is C18H11F2N3O3. The second-order valence-corrected chi connectivity index (χ2v) is 5.25. The molecule has 0 aliphatic heterocycles. The molecule has 0 aliphatic rings. The molecule has 130 valence electrons. The molecular weight excluding hydrogens is 344 g/mol. The highest BCUT2D eigenvalue weighted by molar-refractivity contribution is 5.87. The lowest BCUT2D eigenvalue weighted by Gasteiger charge is -2.03. The number of nitrogens with zero attached hydrogens (tertiary/aromatic N) is 2. The van der Waals surface area contributed by atoms with Crippen molar-refractivity contribution in [3.05, 3.63) is 70.4 Å². The Bertz CT molecular complexity index is 1050. The summed E-state index contributed by atoms with van der Waals surface area (Å²) in [5.74, 6) is 2.67. The molecule has 3 aromatic rings. The summed E-state index contributed by atoms with van der Waals surface area (Å²) >= 11 is 0. The number of aryl methyl sites for hydroxylation is 1. The Kier molecular flexibility index (Phi) is 4.62. The Morgan fingerprint density at radius 3 is 2.65 bits per heavy atom. The molecule has 3 rings (SSSR count). The van der Waals surface area contributed by atoms with E-state index in [1.54, 1.807) is 19.1 Å². The summed E-state index contributed by atoms with van der Waals surface area (Å²) in [6.45, 7) is 1.63. The number of halogens is 2. The summed E-state index contributed by atoms with van der Waals surface area (Å²) in [7, 11) is 0. The molecule has 2 N–H and O–H groups in total. The maximum atomic E-state index is 14.2. The molecule has 2 aromatic carbocycles. The number of aromatic nitrogens is 3. The Hall–Kier alpha value is -3.73. The number of carboxylic acid groups (broad SMARTS) is 1.